The number of carbonyl (C=O) groups excluding carboxylic acids is 2. The molecule has 0 heterocycles. The quantitative estimate of drug-likeness (QED) is 0.143. The molecule has 0 bridgehead atoms. The third-order valence-corrected chi connectivity index (χ3v) is 5.55. The van der Waals surface area contributed by atoms with Crippen LogP contribution in [0.2, 0.25) is 0 Å². The second kappa shape index (κ2) is 11.3. The van der Waals surface area contributed by atoms with Crippen LogP contribution in [0.1, 0.15) is 15.9 Å². The number of esters is 1. The maximum Gasteiger partial charge on any atom is 0.343 e. The number of benzene rings is 4. The minimum Gasteiger partial charge on any atom is -0.497 e. The SMILES string of the molecule is COc1ccc(C(=O)Oc2ccc3ccccc3c2/C=N/NC(=O)COc2ccc(Br)cc2)cc1. The lowest BCUT2D eigenvalue weighted by molar-refractivity contribution is -0.123. The standard InChI is InChI=1S/C27H21BrN2O5/c1-33-21-11-6-19(7-12-21)27(32)35-25-15-8-18-4-2-3-5-23(18)24(25)16-29-30-26(31)17-34-22-13-9-20(28)10-14-22/h2-16H,17H2,1H3,(H,30,31)/b29-16+. The number of nitrogens with one attached hydrogen (secondary N) is 1. The van der Waals surface area contributed by atoms with E-state index in [-0.39, 0.29) is 6.61 Å². The minimum absolute atomic E-state index is 0.201. The molecule has 0 aromatic heterocycles. The Labute approximate surface area is 210 Å². The van der Waals surface area contributed by atoms with Crippen LogP contribution in [0.3, 0.4) is 0 Å². The molecule has 4 aromatic rings. The number of hydrogen-bond acceptors (Lipinski definition) is 6. The van der Waals surface area contributed by atoms with E-state index in [1.807, 2.05) is 42.5 Å². The van der Waals surface area contributed by atoms with Gasteiger partial charge in [-0.05, 0) is 65.4 Å². The summed E-state index contributed by atoms with van der Waals surface area (Å²) in [6, 6.07) is 24.9. The lowest BCUT2D eigenvalue weighted by atomic mass is 10.0. The highest BCUT2D eigenvalue weighted by molar-refractivity contribution is 9.10. The van der Waals surface area contributed by atoms with Gasteiger partial charge < -0.3 is 14.2 Å². The lowest BCUT2D eigenvalue weighted by Gasteiger charge is -2.11. The van der Waals surface area contributed by atoms with Crippen LogP contribution >= 0.6 is 15.9 Å². The summed E-state index contributed by atoms with van der Waals surface area (Å²) < 4.78 is 17.2. The van der Waals surface area contributed by atoms with Crippen molar-refractivity contribution in [2.45, 2.75) is 0 Å². The molecule has 1 N–H and O–H groups in total. The Kier molecular flexibility index (Phi) is 7.74. The topological polar surface area (TPSA) is 86.2 Å². The Bertz CT molecular complexity index is 1370. The van der Waals surface area contributed by atoms with Gasteiger partial charge >= 0.3 is 5.97 Å². The number of halogens is 1. The second-order valence-electron chi connectivity index (χ2n) is 7.35. The van der Waals surface area contributed by atoms with Crippen LogP contribution in [0.4, 0.5) is 0 Å². The Morgan fingerprint density at radius 1 is 0.914 bits per heavy atom. The molecule has 4 aromatic carbocycles. The van der Waals surface area contributed by atoms with Crippen LogP contribution in [0, 0.1) is 0 Å². The molecule has 8 heteroatoms. The van der Waals surface area contributed by atoms with Crippen molar-refractivity contribution in [1.29, 1.82) is 0 Å². The number of hydrogen-bond donors (Lipinski definition) is 1. The molecule has 176 valence electrons. The van der Waals surface area contributed by atoms with Gasteiger partial charge in [-0.15, -0.1) is 0 Å². The molecule has 0 aliphatic heterocycles. The zero-order chi connectivity index (χ0) is 24.6. The van der Waals surface area contributed by atoms with E-state index in [0.29, 0.717) is 28.4 Å². The maximum atomic E-state index is 12.7. The number of rotatable bonds is 8. The van der Waals surface area contributed by atoms with Crippen LogP contribution < -0.4 is 19.6 Å². The molecule has 0 radical (unpaired) electrons. The first-order valence-electron chi connectivity index (χ1n) is 10.6. The normalized spacial score (nSPS) is 10.8. The highest BCUT2D eigenvalue weighted by Gasteiger charge is 2.14. The fourth-order valence-corrected chi connectivity index (χ4v) is 3.53. The van der Waals surface area contributed by atoms with Crippen molar-refractivity contribution in [3.05, 3.63) is 101 Å². The number of fused-ring (bicyclic) bond motifs is 1. The number of hydrazone groups is 1. The van der Waals surface area contributed by atoms with Crippen LogP contribution in [0.15, 0.2) is 94.5 Å². The third-order valence-electron chi connectivity index (χ3n) is 5.03. The monoisotopic (exact) mass is 532 g/mol. The molecule has 0 unspecified atom stereocenters. The molecule has 35 heavy (non-hydrogen) atoms. The molecule has 0 saturated heterocycles. The Morgan fingerprint density at radius 3 is 2.37 bits per heavy atom. The summed E-state index contributed by atoms with van der Waals surface area (Å²) in [6.07, 6.45) is 1.45. The molecule has 0 saturated carbocycles. The van der Waals surface area contributed by atoms with E-state index in [2.05, 4.69) is 26.5 Å². The lowest BCUT2D eigenvalue weighted by Crippen LogP contribution is -2.24. The zero-order valence-corrected chi connectivity index (χ0v) is 20.3. The summed E-state index contributed by atoms with van der Waals surface area (Å²) in [5.41, 5.74) is 3.37. The second-order valence-corrected chi connectivity index (χ2v) is 8.27. The minimum atomic E-state index is -0.524. The molecule has 1 amide bonds. The molecule has 0 aliphatic rings. The predicted molar refractivity (Wildman–Crippen MR) is 137 cm³/mol. The van der Waals surface area contributed by atoms with Gasteiger partial charge in [0.25, 0.3) is 5.91 Å². The molecule has 4 rings (SSSR count). The van der Waals surface area contributed by atoms with Gasteiger partial charge in [0, 0.05) is 10.0 Å². The van der Waals surface area contributed by atoms with Gasteiger partial charge in [0.05, 0.1) is 18.9 Å². The van der Waals surface area contributed by atoms with Crippen LogP contribution in [-0.4, -0.2) is 31.8 Å². The zero-order valence-electron chi connectivity index (χ0n) is 18.7. The van der Waals surface area contributed by atoms with E-state index in [0.717, 1.165) is 15.2 Å². The van der Waals surface area contributed by atoms with Gasteiger partial charge in [0.2, 0.25) is 0 Å². The Morgan fingerprint density at radius 2 is 1.63 bits per heavy atom. The molecule has 0 aliphatic carbocycles. The first-order chi connectivity index (χ1) is 17.0. The number of ether oxygens (including phenoxy) is 3. The summed E-state index contributed by atoms with van der Waals surface area (Å²) in [4.78, 5) is 24.9. The van der Waals surface area contributed by atoms with Crippen molar-refractivity contribution < 1.29 is 23.8 Å². The summed E-state index contributed by atoms with van der Waals surface area (Å²) in [5.74, 6) is 0.563. The van der Waals surface area contributed by atoms with Crippen molar-refractivity contribution in [1.82, 2.24) is 5.43 Å². The molecular formula is C27H21BrN2O5. The number of nitrogens with zero attached hydrogens (tertiary/aromatic N) is 1. The van der Waals surface area contributed by atoms with Crippen LogP contribution in [-0.2, 0) is 4.79 Å². The van der Waals surface area contributed by atoms with Gasteiger partial charge in [0.1, 0.15) is 17.2 Å². The Hall–Kier alpha value is -4.17. The number of amides is 1. The number of methoxy groups -OCH3 is 1. The van der Waals surface area contributed by atoms with Crippen molar-refractivity contribution in [2.24, 2.45) is 5.10 Å². The van der Waals surface area contributed by atoms with Gasteiger partial charge in [-0.25, -0.2) is 10.2 Å². The summed E-state index contributed by atoms with van der Waals surface area (Å²) in [7, 11) is 1.56. The molecule has 0 fully saturated rings. The van der Waals surface area contributed by atoms with E-state index >= 15 is 0 Å². The average Bonchev–Trinajstić information content (AvgIpc) is 2.89. The van der Waals surface area contributed by atoms with Crippen LogP contribution in [0.25, 0.3) is 10.8 Å². The molecule has 0 atom stereocenters. The smallest absolute Gasteiger partial charge is 0.343 e. The Balaban J connectivity index is 1.49. The van der Waals surface area contributed by atoms with Crippen LogP contribution in [0.5, 0.6) is 17.2 Å². The fourth-order valence-electron chi connectivity index (χ4n) is 3.26. The predicted octanol–water partition coefficient (Wildman–Crippen LogP) is 5.36. The van der Waals surface area contributed by atoms with Crippen molar-refractivity contribution in [3.8, 4) is 17.2 Å². The first kappa shape index (κ1) is 24.0. The van der Waals surface area contributed by atoms with Gasteiger partial charge in [0.15, 0.2) is 6.61 Å². The highest BCUT2D eigenvalue weighted by atomic mass is 79.9. The van der Waals surface area contributed by atoms with E-state index in [1.165, 1.54) is 6.21 Å². The fraction of sp³-hybridized carbons (Fsp3) is 0.0741. The van der Waals surface area contributed by atoms with Gasteiger partial charge in [-0.3, -0.25) is 4.79 Å². The summed E-state index contributed by atoms with van der Waals surface area (Å²) >= 11 is 3.35. The van der Waals surface area contributed by atoms with Crippen molar-refractivity contribution in [2.75, 3.05) is 13.7 Å². The third kappa shape index (κ3) is 6.24. The largest absolute Gasteiger partial charge is 0.497 e. The summed E-state index contributed by atoms with van der Waals surface area (Å²) in [6.45, 7) is -0.201. The van der Waals surface area contributed by atoms with E-state index in [9.17, 15) is 9.59 Å². The molecule has 7 nitrogen and oxygen atoms in total. The van der Waals surface area contributed by atoms with E-state index < -0.39 is 11.9 Å². The first-order valence-corrected chi connectivity index (χ1v) is 11.4. The number of carbonyl (C=O) groups is 2. The van der Waals surface area contributed by atoms with E-state index in [1.54, 1.807) is 49.6 Å². The summed E-state index contributed by atoms with van der Waals surface area (Å²) in [5, 5.41) is 5.81. The molecular weight excluding hydrogens is 512 g/mol. The van der Waals surface area contributed by atoms with Crippen molar-refractivity contribution in [3.63, 3.8) is 0 Å². The highest BCUT2D eigenvalue weighted by Crippen LogP contribution is 2.27. The molecule has 0 spiro atoms. The van der Waals surface area contributed by atoms with Crippen molar-refractivity contribution >= 4 is 44.8 Å². The van der Waals surface area contributed by atoms with Gasteiger partial charge in [-0.1, -0.05) is 46.3 Å². The maximum absolute atomic E-state index is 12.7. The van der Waals surface area contributed by atoms with Gasteiger partial charge in [-0.2, -0.15) is 5.10 Å². The average molecular weight is 533 g/mol. The van der Waals surface area contributed by atoms with E-state index in [4.69, 9.17) is 14.2 Å².